The number of hydrogen-bond donors (Lipinski definition) is 1. The van der Waals surface area contributed by atoms with Crippen LogP contribution in [0.1, 0.15) is 53.2 Å². The molecule has 0 unspecified atom stereocenters. The molecule has 0 aliphatic carbocycles. The van der Waals surface area contributed by atoms with Gasteiger partial charge in [0, 0.05) is 42.2 Å². The second-order valence-corrected chi connectivity index (χ2v) is 8.41. The van der Waals surface area contributed by atoms with Crippen LogP contribution in [0.3, 0.4) is 0 Å². The van der Waals surface area contributed by atoms with Crippen molar-refractivity contribution >= 4 is 11.8 Å². The monoisotopic (exact) mass is 427 g/mol. The number of aromatic nitrogens is 1. The average molecular weight is 428 g/mol. The first kappa shape index (κ1) is 21.8. The molecule has 2 N–H and O–H groups in total. The van der Waals surface area contributed by atoms with E-state index < -0.39 is 5.91 Å². The first-order valence-electron chi connectivity index (χ1n) is 11.3. The fourth-order valence-corrected chi connectivity index (χ4v) is 4.36. The van der Waals surface area contributed by atoms with E-state index in [9.17, 15) is 9.59 Å². The SMILES string of the molecule is NC(=O)c1cccc(-c2cccc([C@@H]3CCCN(C(=O)CCCc4ccccc4)C3)n2)c1. The van der Waals surface area contributed by atoms with Crippen LogP contribution in [0.25, 0.3) is 11.3 Å². The van der Waals surface area contributed by atoms with Gasteiger partial charge in [-0.2, -0.15) is 0 Å². The first-order chi connectivity index (χ1) is 15.6. The molecule has 3 aromatic rings. The lowest BCUT2D eigenvalue weighted by Crippen LogP contribution is -2.39. The number of hydrogen-bond acceptors (Lipinski definition) is 3. The van der Waals surface area contributed by atoms with Crippen LogP contribution in [-0.2, 0) is 11.2 Å². The Kier molecular flexibility index (Phi) is 6.95. The summed E-state index contributed by atoms with van der Waals surface area (Å²) in [4.78, 5) is 31.2. The number of rotatable bonds is 7. The van der Waals surface area contributed by atoms with Crippen molar-refractivity contribution in [3.05, 3.63) is 89.6 Å². The third-order valence-electron chi connectivity index (χ3n) is 6.10. The van der Waals surface area contributed by atoms with Gasteiger partial charge in [0.05, 0.1) is 5.69 Å². The number of nitrogens with zero attached hydrogens (tertiary/aromatic N) is 2. The Balaban J connectivity index is 1.40. The molecule has 5 heteroatoms. The number of aryl methyl sites for hydroxylation is 1. The molecule has 0 bridgehead atoms. The summed E-state index contributed by atoms with van der Waals surface area (Å²) in [5, 5.41) is 0. The van der Waals surface area contributed by atoms with Crippen molar-refractivity contribution in [3.8, 4) is 11.3 Å². The van der Waals surface area contributed by atoms with Gasteiger partial charge in [0.2, 0.25) is 11.8 Å². The van der Waals surface area contributed by atoms with E-state index in [2.05, 4.69) is 12.1 Å². The van der Waals surface area contributed by atoms with E-state index >= 15 is 0 Å². The normalized spacial score (nSPS) is 16.0. The summed E-state index contributed by atoms with van der Waals surface area (Å²) in [6.45, 7) is 1.53. The maximum atomic E-state index is 12.8. The Bertz CT molecular complexity index is 1080. The molecular formula is C27H29N3O2. The topological polar surface area (TPSA) is 76.3 Å². The highest BCUT2D eigenvalue weighted by molar-refractivity contribution is 5.94. The molecule has 2 amide bonds. The molecule has 1 atom stereocenters. The molecule has 1 aliphatic rings. The summed E-state index contributed by atoms with van der Waals surface area (Å²) in [6.07, 6.45) is 4.38. The molecule has 1 aliphatic heterocycles. The molecular weight excluding hydrogens is 398 g/mol. The predicted octanol–water partition coefficient (Wildman–Crippen LogP) is 4.58. The number of carbonyl (C=O) groups excluding carboxylic acids is 2. The molecule has 1 fully saturated rings. The summed E-state index contributed by atoms with van der Waals surface area (Å²) in [5.41, 5.74) is 9.85. The quantitative estimate of drug-likeness (QED) is 0.600. The van der Waals surface area contributed by atoms with Gasteiger partial charge in [-0.05, 0) is 55.5 Å². The smallest absolute Gasteiger partial charge is 0.248 e. The van der Waals surface area contributed by atoms with Gasteiger partial charge < -0.3 is 10.6 Å². The summed E-state index contributed by atoms with van der Waals surface area (Å²) in [6, 6.07) is 23.5. The Hall–Kier alpha value is -3.47. The minimum Gasteiger partial charge on any atom is -0.366 e. The minimum absolute atomic E-state index is 0.223. The Labute approximate surface area is 189 Å². The number of piperidine rings is 1. The molecule has 2 aromatic carbocycles. The van der Waals surface area contributed by atoms with Crippen molar-refractivity contribution in [2.45, 2.75) is 38.0 Å². The van der Waals surface area contributed by atoms with Gasteiger partial charge in [0.15, 0.2) is 0 Å². The summed E-state index contributed by atoms with van der Waals surface area (Å²) in [7, 11) is 0. The number of amides is 2. The number of likely N-dealkylation sites (tertiary alicyclic amines) is 1. The first-order valence-corrected chi connectivity index (χ1v) is 11.3. The molecule has 0 saturated carbocycles. The lowest BCUT2D eigenvalue weighted by molar-refractivity contribution is -0.132. The van der Waals surface area contributed by atoms with E-state index in [-0.39, 0.29) is 11.8 Å². The van der Waals surface area contributed by atoms with E-state index in [4.69, 9.17) is 10.7 Å². The fraction of sp³-hybridized carbons (Fsp3) is 0.296. The van der Waals surface area contributed by atoms with Crippen molar-refractivity contribution in [2.75, 3.05) is 13.1 Å². The molecule has 4 rings (SSSR count). The van der Waals surface area contributed by atoms with Crippen LogP contribution in [0.2, 0.25) is 0 Å². The zero-order valence-corrected chi connectivity index (χ0v) is 18.2. The summed E-state index contributed by atoms with van der Waals surface area (Å²) in [5.74, 6) is 0.00810. The van der Waals surface area contributed by atoms with Crippen molar-refractivity contribution in [3.63, 3.8) is 0 Å². The second kappa shape index (κ2) is 10.2. The zero-order valence-electron chi connectivity index (χ0n) is 18.2. The van der Waals surface area contributed by atoms with Crippen molar-refractivity contribution in [1.82, 2.24) is 9.88 Å². The van der Waals surface area contributed by atoms with Crippen LogP contribution in [0.15, 0.2) is 72.8 Å². The Morgan fingerprint density at radius 2 is 1.81 bits per heavy atom. The van der Waals surface area contributed by atoms with Gasteiger partial charge in [-0.25, -0.2) is 0 Å². The number of pyridine rings is 1. The molecule has 1 aromatic heterocycles. The van der Waals surface area contributed by atoms with Crippen molar-refractivity contribution in [2.24, 2.45) is 5.73 Å². The third kappa shape index (κ3) is 5.41. The van der Waals surface area contributed by atoms with Crippen molar-refractivity contribution in [1.29, 1.82) is 0 Å². The fourth-order valence-electron chi connectivity index (χ4n) is 4.36. The highest BCUT2D eigenvalue weighted by atomic mass is 16.2. The third-order valence-corrected chi connectivity index (χ3v) is 6.10. The summed E-state index contributed by atoms with van der Waals surface area (Å²) < 4.78 is 0. The maximum Gasteiger partial charge on any atom is 0.248 e. The molecule has 1 saturated heterocycles. The maximum absolute atomic E-state index is 12.8. The van der Waals surface area contributed by atoms with Crippen LogP contribution in [0, 0.1) is 0 Å². The largest absolute Gasteiger partial charge is 0.366 e. The molecule has 2 heterocycles. The van der Waals surface area contributed by atoms with Gasteiger partial charge in [0.1, 0.15) is 0 Å². The van der Waals surface area contributed by atoms with Gasteiger partial charge in [-0.1, -0.05) is 48.5 Å². The zero-order chi connectivity index (χ0) is 22.3. The van der Waals surface area contributed by atoms with E-state index in [0.717, 1.165) is 49.2 Å². The number of primary amides is 1. The molecule has 0 spiro atoms. The van der Waals surface area contributed by atoms with Crippen molar-refractivity contribution < 1.29 is 9.59 Å². The van der Waals surface area contributed by atoms with Crippen LogP contribution < -0.4 is 5.73 Å². The van der Waals surface area contributed by atoms with E-state index in [1.165, 1.54) is 5.56 Å². The van der Waals surface area contributed by atoms with Crippen LogP contribution in [-0.4, -0.2) is 34.8 Å². The van der Waals surface area contributed by atoms with Crippen LogP contribution in [0.4, 0.5) is 0 Å². The van der Waals surface area contributed by atoms with Gasteiger partial charge in [-0.3, -0.25) is 14.6 Å². The molecule has 32 heavy (non-hydrogen) atoms. The number of nitrogens with two attached hydrogens (primary N) is 1. The Morgan fingerprint density at radius 3 is 2.62 bits per heavy atom. The lowest BCUT2D eigenvalue weighted by Gasteiger charge is -2.32. The van der Waals surface area contributed by atoms with E-state index in [0.29, 0.717) is 18.5 Å². The average Bonchev–Trinajstić information content (AvgIpc) is 2.85. The van der Waals surface area contributed by atoms with Gasteiger partial charge in [-0.15, -0.1) is 0 Å². The Morgan fingerprint density at radius 1 is 1.00 bits per heavy atom. The summed E-state index contributed by atoms with van der Waals surface area (Å²) >= 11 is 0. The second-order valence-electron chi connectivity index (χ2n) is 8.41. The predicted molar refractivity (Wildman–Crippen MR) is 126 cm³/mol. The lowest BCUT2D eigenvalue weighted by atomic mass is 9.93. The van der Waals surface area contributed by atoms with Gasteiger partial charge in [0.25, 0.3) is 0 Å². The standard InChI is InChI=1S/C27H29N3O2/c28-27(32)22-12-5-11-21(18-22)24-14-6-15-25(29-24)23-13-7-17-30(19-23)26(31)16-4-10-20-8-2-1-3-9-20/h1-3,5-6,8-9,11-12,14-15,18,23H,4,7,10,13,16-17,19H2,(H2,28,32)/t23-/m1/s1. The number of carbonyl (C=O) groups is 2. The van der Waals surface area contributed by atoms with Crippen LogP contribution >= 0.6 is 0 Å². The minimum atomic E-state index is -0.447. The molecule has 164 valence electrons. The number of benzene rings is 2. The van der Waals surface area contributed by atoms with Crippen LogP contribution in [0.5, 0.6) is 0 Å². The van der Waals surface area contributed by atoms with Gasteiger partial charge >= 0.3 is 0 Å². The van der Waals surface area contributed by atoms with E-state index in [1.54, 1.807) is 12.1 Å². The van der Waals surface area contributed by atoms with E-state index in [1.807, 2.05) is 53.4 Å². The molecule has 5 nitrogen and oxygen atoms in total. The molecule has 0 radical (unpaired) electrons. The highest BCUT2D eigenvalue weighted by Gasteiger charge is 2.25. The highest BCUT2D eigenvalue weighted by Crippen LogP contribution is 2.28.